The van der Waals surface area contributed by atoms with Gasteiger partial charge in [-0.15, -0.1) is 0 Å². The summed E-state index contributed by atoms with van der Waals surface area (Å²) >= 11 is 0. The summed E-state index contributed by atoms with van der Waals surface area (Å²) in [5, 5.41) is 0. The maximum absolute atomic E-state index is 12.5. The summed E-state index contributed by atoms with van der Waals surface area (Å²) in [7, 11) is 0. The first-order valence-electron chi connectivity index (χ1n) is 12.5. The highest BCUT2D eigenvalue weighted by Crippen LogP contribution is 2.21. The normalized spacial score (nSPS) is 12.4. The van der Waals surface area contributed by atoms with E-state index in [0.717, 1.165) is 24.2 Å². The summed E-state index contributed by atoms with van der Waals surface area (Å²) in [5.74, 6) is -0.327. The topological polar surface area (TPSA) is 108 Å². The van der Waals surface area contributed by atoms with E-state index in [0.29, 0.717) is 29.4 Å². The van der Waals surface area contributed by atoms with Crippen LogP contribution in [0.3, 0.4) is 0 Å². The third-order valence-corrected chi connectivity index (χ3v) is 5.70. The average Bonchev–Trinajstić information content (AvgIpc) is 3.28. The van der Waals surface area contributed by atoms with E-state index in [1.165, 1.54) is 60.7 Å². The third-order valence-electron chi connectivity index (χ3n) is 5.70. The highest BCUT2D eigenvalue weighted by Gasteiger charge is 2.23. The molecule has 3 aromatic carbocycles. The molecule has 0 aromatic heterocycles. The molecular formula is C30H27NO8. The molecule has 2 amide bonds. The molecule has 9 heteroatoms. The fraction of sp³-hybridized carbons (Fsp3) is 0.200. The number of carbonyl (C=O) groups excluding carboxylic acids is 4. The molecular weight excluding hydrogens is 502 g/mol. The Balaban J connectivity index is 1.25. The summed E-state index contributed by atoms with van der Waals surface area (Å²) < 4.78 is 21.9. The Kier molecular flexibility index (Phi) is 9.07. The van der Waals surface area contributed by atoms with Crippen LogP contribution in [0.2, 0.25) is 0 Å². The minimum Gasteiger partial charge on any atom is -0.494 e. The van der Waals surface area contributed by atoms with Crippen LogP contribution in [0, 0.1) is 0 Å². The highest BCUT2D eigenvalue weighted by atomic mass is 16.5. The predicted molar refractivity (Wildman–Crippen MR) is 141 cm³/mol. The Morgan fingerprint density at radius 3 is 1.56 bits per heavy atom. The number of benzene rings is 3. The molecule has 0 bridgehead atoms. The lowest BCUT2D eigenvalue weighted by atomic mass is 10.2. The van der Waals surface area contributed by atoms with Crippen molar-refractivity contribution in [3.63, 3.8) is 0 Å². The molecule has 0 N–H and O–H groups in total. The van der Waals surface area contributed by atoms with Crippen molar-refractivity contribution < 1.29 is 38.1 Å². The number of amides is 2. The van der Waals surface area contributed by atoms with Crippen molar-refractivity contribution >= 4 is 23.8 Å². The molecule has 1 aliphatic rings. The van der Waals surface area contributed by atoms with Gasteiger partial charge in [-0.2, -0.15) is 0 Å². The van der Waals surface area contributed by atoms with Crippen LogP contribution in [0.15, 0.2) is 84.9 Å². The second-order valence-corrected chi connectivity index (χ2v) is 8.57. The van der Waals surface area contributed by atoms with Crippen LogP contribution in [-0.4, -0.2) is 42.0 Å². The third kappa shape index (κ3) is 7.54. The molecule has 1 heterocycles. The molecule has 0 fully saturated rings. The predicted octanol–water partition coefficient (Wildman–Crippen LogP) is 4.96. The number of hydrogen-bond acceptors (Lipinski definition) is 8. The lowest BCUT2D eigenvalue weighted by Gasteiger charge is -2.14. The summed E-state index contributed by atoms with van der Waals surface area (Å²) in [6.45, 7) is 2.54. The molecule has 0 aliphatic carbocycles. The van der Waals surface area contributed by atoms with Crippen molar-refractivity contribution in [2.45, 2.75) is 26.2 Å². The van der Waals surface area contributed by atoms with Gasteiger partial charge in [0.2, 0.25) is 0 Å². The van der Waals surface area contributed by atoms with Crippen LogP contribution in [0.5, 0.6) is 23.0 Å². The van der Waals surface area contributed by atoms with Gasteiger partial charge in [0, 0.05) is 12.2 Å². The van der Waals surface area contributed by atoms with E-state index >= 15 is 0 Å². The molecule has 3 aromatic rings. The second kappa shape index (κ2) is 13.0. The number of carbonyl (C=O) groups is 4. The van der Waals surface area contributed by atoms with Gasteiger partial charge in [0.1, 0.15) is 23.0 Å². The van der Waals surface area contributed by atoms with Gasteiger partial charge >= 0.3 is 11.9 Å². The van der Waals surface area contributed by atoms with Crippen LogP contribution in [-0.2, 0) is 9.59 Å². The van der Waals surface area contributed by atoms with Gasteiger partial charge in [-0.1, -0.05) is 19.8 Å². The molecule has 0 atom stereocenters. The lowest BCUT2D eigenvalue weighted by Crippen LogP contribution is -2.33. The van der Waals surface area contributed by atoms with Gasteiger partial charge < -0.3 is 18.9 Å². The molecule has 0 unspecified atom stereocenters. The van der Waals surface area contributed by atoms with Crippen molar-refractivity contribution in [2.24, 2.45) is 0 Å². The molecule has 0 saturated carbocycles. The van der Waals surface area contributed by atoms with E-state index in [1.807, 2.05) is 0 Å². The van der Waals surface area contributed by atoms with E-state index in [1.54, 1.807) is 24.3 Å². The Morgan fingerprint density at radius 1 is 0.615 bits per heavy atom. The zero-order chi connectivity index (χ0) is 27.6. The number of rotatable bonds is 12. The van der Waals surface area contributed by atoms with Gasteiger partial charge in [-0.3, -0.25) is 9.59 Å². The average molecular weight is 530 g/mol. The molecule has 1 aliphatic heterocycles. The van der Waals surface area contributed by atoms with Gasteiger partial charge in [-0.25, -0.2) is 14.5 Å². The fourth-order valence-electron chi connectivity index (χ4n) is 3.52. The molecule has 9 nitrogen and oxygen atoms in total. The van der Waals surface area contributed by atoms with Crippen molar-refractivity contribution in [2.75, 3.05) is 13.3 Å². The van der Waals surface area contributed by atoms with E-state index in [9.17, 15) is 19.2 Å². The minimum atomic E-state index is -0.608. The highest BCUT2D eigenvalue weighted by molar-refractivity contribution is 6.12. The number of imide groups is 1. The Labute approximate surface area is 225 Å². The van der Waals surface area contributed by atoms with Gasteiger partial charge in [0.15, 0.2) is 6.73 Å². The first-order valence-corrected chi connectivity index (χ1v) is 12.5. The van der Waals surface area contributed by atoms with Crippen LogP contribution < -0.4 is 18.9 Å². The molecule has 0 spiro atoms. The first-order chi connectivity index (χ1) is 18.9. The van der Waals surface area contributed by atoms with E-state index < -0.39 is 23.8 Å². The second-order valence-electron chi connectivity index (χ2n) is 8.57. The maximum Gasteiger partial charge on any atom is 0.343 e. The lowest BCUT2D eigenvalue weighted by molar-refractivity contribution is -0.140. The number of nitrogens with zero attached hydrogens (tertiary/aromatic N) is 1. The van der Waals surface area contributed by atoms with Gasteiger partial charge in [0.05, 0.1) is 17.7 Å². The van der Waals surface area contributed by atoms with Gasteiger partial charge in [-0.05, 0) is 79.2 Å². The molecule has 39 heavy (non-hydrogen) atoms. The Morgan fingerprint density at radius 2 is 1.05 bits per heavy atom. The summed E-state index contributed by atoms with van der Waals surface area (Å²) in [5.41, 5.74) is 0.556. The SMILES string of the molecule is CCCCCOc1ccc(OC(=O)c2ccc(OC(=O)c3ccc(OCN4C(=O)C=CC4=O)cc3)cc2)cc1. The quantitative estimate of drug-likeness (QED) is 0.140. The number of unbranched alkanes of at least 4 members (excludes halogenated alkanes) is 2. The van der Waals surface area contributed by atoms with Crippen molar-refractivity contribution in [1.29, 1.82) is 0 Å². The first kappa shape index (κ1) is 27.1. The summed E-state index contributed by atoms with van der Waals surface area (Å²) in [6.07, 6.45) is 5.57. The molecule has 0 radical (unpaired) electrons. The van der Waals surface area contributed by atoms with Crippen LogP contribution in [0.1, 0.15) is 46.9 Å². The molecule has 0 saturated heterocycles. The largest absolute Gasteiger partial charge is 0.494 e. The molecule has 200 valence electrons. The van der Waals surface area contributed by atoms with Crippen LogP contribution in [0.25, 0.3) is 0 Å². The van der Waals surface area contributed by atoms with E-state index in [-0.39, 0.29) is 18.0 Å². The number of ether oxygens (including phenoxy) is 4. The zero-order valence-corrected chi connectivity index (χ0v) is 21.3. The van der Waals surface area contributed by atoms with Crippen molar-refractivity contribution in [1.82, 2.24) is 4.90 Å². The van der Waals surface area contributed by atoms with Gasteiger partial charge in [0.25, 0.3) is 11.8 Å². The Hall–Kier alpha value is -4.92. The standard InChI is InChI=1S/C30H27NO8/c1-2-3-4-19-36-23-13-15-26(16-14-23)39-30(35)22-7-11-25(12-8-22)38-29(34)21-5-9-24(10-6-21)37-20-31-27(32)17-18-28(31)33/h5-18H,2-4,19-20H2,1H3. The Bertz CT molecular complexity index is 1330. The van der Waals surface area contributed by atoms with Crippen LogP contribution in [0.4, 0.5) is 0 Å². The van der Waals surface area contributed by atoms with Crippen molar-refractivity contribution in [3.05, 3.63) is 96.1 Å². The van der Waals surface area contributed by atoms with E-state index in [4.69, 9.17) is 18.9 Å². The summed E-state index contributed by atoms with van der Waals surface area (Å²) in [4.78, 5) is 49.1. The number of esters is 2. The minimum absolute atomic E-state index is 0.234. The smallest absolute Gasteiger partial charge is 0.343 e. The zero-order valence-electron chi connectivity index (χ0n) is 21.3. The van der Waals surface area contributed by atoms with Crippen LogP contribution >= 0.6 is 0 Å². The van der Waals surface area contributed by atoms with E-state index in [2.05, 4.69) is 6.92 Å². The fourth-order valence-corrected chi connectivity index (χ4v) is 3.52. The summed E-state index contributed by atoms with van der Waals surface area (Å²) in [6, 6.07) is 18.9. The molecule has 4 rings (SSSR count). The maximum atomic E-state index is 12.5. The monoisotopic (exact) mass is 529 g/mol. The number of hydrogen-bond donors (Lipinski definition) is 0. The van der Waals surface area contributed by atoms with Crippen molar-refractivity contribution in [3.8, 4) is 23.0 Å².